The van der Waals surface area contributed by atoms with E-state index in [1.54, 1.807) is 0 Å². The fraction of sp³-hybridized carbons (Fsp3) is 0.100. The molecule has 6 heteroatoms. The van der Waals surface area contributed by atoms with E-state index in [0.29, 0.717) is 5.56 Å². The van der Waals surface area contributed by atoms with Gasteiger partial charge in [0.05, 0.1) is 12.7 Å². The van der Waals surface area contributed by atoms with Gasteiger partial charge in [-0.1, -0.05) is 0 Å². The van der Waals surface area contributed by atoms with Crippen molar-refractivity contribution in [3.05, 3.63) is 47.8 Å². The number of hydrogen-bond donors (Lipinski definition) is 1. The van der Waals surface area contributed by atoms with Gasteiger partial charge < -0.3 is 5.11 Å². The average Bonchev–Trinajstić information content (AvgIpc) is 2.66. The monoisotopic (exact) mass is 221 g/mol. The minimum Gasteiger partial charge on any atom is -0.477 e. The molecule has 0 aliphatic carbocycles. The van der Waals surface area contributed by atoms with Crippen LogP contribution in [0, 0.1) is 5.82 Å². The summed E-state index contributed by atoms with van der Waals surface area (Å²) < 4.78 is 14.1. The second-order valence-corrected chi connectivity index (χ2v) is 3.19. The first kappa shape index (κ1) is 10.3. The number of carboxylic acid groups (broad SMARTS) is 1. The summed E-state index contributed by atoms with van der Waals surface area (Å²) in [4.78, 5) is 14.5. The smallest absolute Gasteiger partial charge is 0.354 e. The largest absolute Gasteiger partial charge is 0.477 e. The molecule has 0 spiro atoms. The highest BCUT2D eigenvalue weighted by molar-refractivity contribution is 5.85. The molecule has 0 aromatic carbocycles. The van der Waals surface area contributed by atoms with Crippen molar-refractivity contribution in [2.75, 3.05) is 0 Å². The lowest BCUT2D eigenvalue weighted by Crippen LogP contribution is -2.11. The average molecular weight is 221 g/mol. The van der Waals surface area contributed by atoms with Crippen LogP contribution in [-0.4, -0.2) is 25.8 Å². The lowest BCUT2D eigenvalue weighted by molar-refractivity contribution is 0.0684. The van der Waals surface area contributed by atoms with Crippen LogP contribution in [0.1, 0.15) is 16.1 Å². The fourth-order valence-electron chi connectivity index (χ4n) is 1.36. The molecular weight excluding hydrogens is 213 g/mol. The van der Waals surface area contributed by atoms with Gasteiger partial charge in [0.15, 0.2) is 0 Å². The molecule has 0 radical (unpaired) electrons. The van der Waals surface area contributed by atoms with E-state index >= 15 is 0 Å². The van der Waals surface area contributed by atoms with Gasteiger partial charge in [0.25, 0.3) is 0 Å². The summed E-state index contributed by atoms with van der Waals surface area (Å²) in [6.07, 6.45) is 3.94. The zero-order chi connectivity index (χ0) is 11.5. The number of rotatable bonds is 3. The van der Waals surface area contributed by atoms with Crippen LogP contribution in [-0.2, 0) is 6.54 Å². The Morgan fingerprint density at radius 3 is 3.00 bits per heavy atom. The molecule has 0 bridgehead atoms. The fourth-order valence-corrected chi connectivity index (χ4v) is 1.36. The van der Waals surface area contributed by atoms with Gasteiger partial charge >= 0.3 is 5.97 Å². The Morgan fingerprint density at radius 1 is 1.50 bits per heavy atom. The van der Waals surface area contributed by atoms with Crippen LogP contribution in [0.2, 0.25) is 0 Å². The lowest BCUT2D eigenvalue weighted by atomic mass is 10.3. The second-order valence-electron chi connectivity index (χ2n) is 3.19. The lowest BCUT2D eigenvalue weighted by Gasteiger charge is -2.04. The number of pyridine rings is 1. The van der Waals surface area contributed by atoms with Gasteiger partial charge in [-0.3, -0.25) is 9.67 Å². The first-order chi connectivity index (χ1) is 7.66. The van der Waals surface area contributed by atoms with Crippen LogP contribution in [0.15, 0.2) is 30.7 Å². The Labute approximate surface area is 90.2 Å². The molecule has 0 saturated carbocycles. The van der Waals surface area contributed by atoms with Crippen LogP contribution >= 0.6 is 0 Å². The topological polar surface area (TPSA) is 68.0 Å². The minimum atomic E-state index is -1.07. The molecular formula is C10H8FN3O2. The molecule has 0 atom stereocenters. The first-order valence-corrected chi connectivity index (χ1v) is 4.51. The Bertz CT molecular complexity index is 524. The zero-order valence-electron chi connectivity index (χ0n) is 8.17. The number of aromatic nitrogens is 3. The third-order valence-electron chi connectivity index (χ3n) is 2.03. The standard InChI is InChI=1S/C10H8FN3O2/c11-8-3-7(4-12-5-8)6-14-9(10(15)16)1-2-13-14/h1-5H,6H2,(H,15,16). The van der Waals surface area contributed by atoms with Crippen molar-refractivity contribution < 1.29 is 14.3 Å². The van der Waals surface area contributed by atoms with E-state index in [2.05, 4.69) is 10.1 Å². The van der Waals surface area contributed by atoms with Crippen LogP contribution in [0.5, 0.6) is 0 Å². The molecule has 1 N–H and O–H groups in total. The maximum atomic E-state index is 12.8. The molecule has 2 rings (SSSR count). The van der Waals surface area contributed by atoms with E-state index in [1.165, 1.54) is 29.2 Å². The second kappa shape index (κ2) is 4.09. The summed E-state index contributed by atoms with van der Waals surface area (Å²) in [5, 5.41) is 12.7. The van der Waals surface area contributed by atoms with Crippen molar-refractivity contribution >= 4 is 5.97 Å². The summed E-state index contributed by atoms with van der Waals surface area (Å²) in [6, 6.07) is 2.68. The summed E-state index contributed by atoms with van der Waals surface area (Å²) in [6.45, 7) is 0.180. The highest BCUT2D eigenvalue weighted by atomic mass is 19.1. The number of hydrogen-bond acceptors (Lipinski definition) is 3. The number of halogens is 1. The normalized spacial score (nSPS) is 10.3. The zero-order valence-corrected chi connectivity index (χ0v) is 8.17. The molecule has 0 amide bonds. The van der Waals surface area contributed by atoms with Crippen LogP contribution in [0.3, 0.4) is 0 Å². The molecule has 2 aromatic rings. The van der Waals surface area contributed by atoms with Crippen molar-refractivity contribution in [3.8, 4) is 0 Å². The van der Waals surface area contributed by atoms with Gasteiger partial charge in [-0.25, -0.2) is 9.18 Å². The summed E-state index contributed by atoms with van der Waals surface area (Å²) >= 11 is 0. The molecule has 0 saturated heterocycles. The molecule has 82 valence electrons. The van der Waals surface area contributed by atoms with Gasteiger partial charge in [0.1, 0.15) is 11.5 Å². The number of aromatic carboxylic acids is 1. The van der Waals surface area contributed by atoms with Crippen LogP contribution in [0.4, 0.5) is 4.39 Å². The first-order valence-electron chi connectivity index (χ1n) is 4.51. The molecule has 16 heavy (non-hydrogen) atoms. The molecule has 2 aromatic heterocycles. The predicted octanol–water partition coefficient (Wildman–Crippen LogP) is 1.16. The predicted molar refractivity (Wildman–Crippen MR) is 52.5 cm³/mol. The van der Waals surface area contributed by atoms with Crippen LogP contribution < -0.4 is 0 Å². The van der Waals surface area contributed by atoms with Gasteiger partial charge in [-0.05, 0) is 17.7 Å². The van der Waals surface area contributed by atoms with Gasteiger partial charge in [0.2, 0.25) is 0 Å². The van der Waals surface area contributed by atoms with Gasteiger partial charge in [-0.15, -0.1) is 0 Å². The third-order valence-corrected chi connectivity index (χ3v) is 2.03. The van der Waals surface area contributed by atoms with Crippen molar-refractivity contribution in [2.24, 2.45) is 0 Å². The van der Waals surface area contributed by atoms with Gasteiger partial charge in [-0.2, -0.15) is 5.10 Å². The molecule has 0 unspecified atom stereocenters. The van der Waals surface area contributed by atoms with Crippen LogP contribution in [0.25, 0.3) is 0 Å². The van der Waals surface area contributed by atoms with Crippen molar-refractivity contribution in [3.63, 3.8) is 0 Å². The molecule has 5 nitrogen and oxygen atoms in total. The van der Waals surface area contributed by atoms with E-state index in [-0.39, 0.29) is 12.2 Å². The summed E-state index contributed by atoms with van der Waals surface area (Å²) in [7, 11) is 0. The molecule has 0 aliphatic heterocycles. The quantitative estimate of drug-likeness (QED) is 0.844. The number of carboxylic acids is 1. The maximum absolute atomic E-state index is 12.8. The van der Waals surface area contributed by atoms with Crippen molar-refractivity contribution in [1.29, 1.82) is 0 Å². The summed E-state index contributed by atoms with van der Waals surface area (Å²) in [5.74, 6) is -1.52. The third kappa shape index (κ3) is 2.05. The number of carbonyl (C=O) groups is 1. The SMILES string of the molecule is O=C(O)c1ccnn1Cc1cncc(F)c1. The van der Waals surface area contributed by atoms with Crippen molar-refractivity contribution in [1.82, 2.24) is 14.8 Å². The van der Waals surface area contributed by atoms with E-state index in [1.807, 2.05) is 0 Å². The molecule has 0 fully saturated rings. The highest BCUT2D eigenvalue weighted by Crippen LogP contribution is 2.06. The molecule has 2 heterocycles. The Hall–Kier alpha value is -2.24. The van der Waals surface area contributed by atoms with E-state index in [4.69, 9.17) is 5.11 Å². The van der Waals surface area contributed by atoms with E-state index in [0.717, 1.165) is 6.20 Å². The Balaban J connectivity index is 2.27. The highest BCUT2D eigenvalue weighted by Gasteiger charge is 2.10. The van der Waals surface area contributed by atoms with E-state index in [9.17, 15) is 9.18 Å². The molecule has 0 aliphatic rings. The summed E-state index contributed by atoms with van der Waals surface area (Å²) in [5.41, 5.74) is 0.621. The van der Waals surface area contributed by atoms with E-state index < -0.39 is 11.8 Å². The van der Waals surface area contributed by atoms with Crippen molar-refractivity contribution in [2.45, 2.75) is 6.54 Å². The van der Waals surface area contributed by atoms with Gasteiger partial charge in [0, 0.05) is 12.4 Å². The maximum Gasteiger partial charge on any atom is 0.354 e. The minimum absolute atomic E-state index is 0.0595. The Kier molecular flexibility index (Phi) is 2.63. The number of nitrogens with zero attached hydrogens (tertiary/aromatic N) is 3. The Morgan fingerprint density at radius 2 is 2.31 bits per heavy atom.